The first-order valence-corrected chi connectivity index (χ1v) is 11.0. The van der Waals surface area contributed by atoms with Crippen LogP contribution in [0.15, 0.2) is 0 Å². The number of nitrogens with one attached hydrogen (secondary N) is 2. The molecule has 0 aromatic heterocycles. The van der Waals surface area contributed by atoms with Crippen LogP contribution < -0.4 is 10.6 Å². The number of carbonyl (C=O) groups is 5. The molecule has 1 unspecified atom stereocenters. The highest BCUT2D eigenvalue weighted by atomic mass is 16.6. The van der Waals surface area contributed by atoms with Crippen molar-refractivity contribution in [3.8, 4) is 0 Å². The van der Waals surface area contributed by atoms with E-state index < -0.39 is 71.7 Å². The zero-order valence-electron chi connectivity index (χ0n) is 20.7. The number of carboxylic acid groups (broad SMARTS) is 1. The van der Waals surface area contributed by atoms with Crippen LogP contribution >= 0.6 is 0 Å². The minimum atomic E-state index is -1.16. The van der Waals surface area contributed by atoms with Crippen molar-refractivity contribution in [2.75, 3.05) is 13.2 Å². The lowest BCUT2D eigenvalue weighted by Gasteiger charge is -2.45. The van der Waals surface area contributed by atoms with E-state index in [4.69, 9.17) is 18.9 Å². The Bertz CT molecular complexity index is 763. The van der Waals surface area contributed by atoms with Crippen molar-refractivity contribution in [2.45, 2.75) is 91.4 Å². The van der Waals surface area contributed by atoms with Crippen LogP contribution in [0.2, 0.25) is 0 Å². The lowest BCUT2D eigenvalue weighted by atomic mass is 9.86. The quantitative estimate of drug-likeness (QED) is 0.283. The van der Waals surface area contributed by atoms with Crippen molar-refractivity contribution in [2.24, 2.45) is 5.41 Å². The summed E-state index contributed by atoms with van der Waals surface area (Å²) >= 11 is 0. The number of aliphatic carboxylic acids is 1. The average molecular weight is 489 g/mol. The third-order valence-corrected chi connectivity index (χ3v) is 5.11. The molecule has 12 nitrogen and oxygen atoms in total. The van der Waals surface area contributed by atoms with Gasteiger partial charge in [0.1, 0.15) is 18.8 Å². The summed E-state index contributed by atoms with van der Waals surface area (Å²) in [5.41, 5.74) is -0.575. The predicted octanol–water partition coefficient (Wildman–Crippen LogP) is 0.164. The van der Waals surface area contributed by atoms with E-state index in [-0.39, 0.29) is 19.6 Å². The van der Waals surface area contributed by atoms with Gasteiger partial charge in [0.05, 0.1) is 12.1 Å². The zero-order valence-corrected chi connectivity index (χ0v) is 20.7. The molecular formula is C22H36N2O10. The first-order valence-electron chi connectivity index (χ1n) is 11.0. The van der Waals surface area contributed by atoms with E-state index in [2.05, 4.69) is 10.6 Å². The largest absolute Gasteiger partial charge is 0.480 e. The summed E-state index contributed by atoms with van der Waals surface area (Å²) in [4.78, 5) is 58.6. The second kappa shape index (κ2) is 12.7. The second-order valence-electron chi connectivity index (χ2n) is 9.27. The molecule has 34 heavy (non-hydrogen) atoms. The van der Waals surface area contributed by atoms with E-state index in [1.807, 2.05) is 0 Å². The summed E-state index contributed by atoms with van der Waals surface area (Å²) < 4.78 is 21.9. The molecular weight excluding hydrogens is 452 g/mol. The first kappa shape index (κ1) is 29.3. The highest BCUT2D eigenvalue weighted by Crippen LogP contribution is 2.29. The molecule has 1 saturated heterocycles. The summed E-state index contributed by atoms with van der Waals surface area (Å²) in [6.07, 6.45) is -3.88. The lowest BCUT2D eigenvalue weighted by Crippen LogP contribution is -2.66. The fourth-order valence-corrected chi connectivity index (χ4v) is 3.81. The molecule has 6 atom stereocenters. The molecule has 0 radical (unpaired) electrons. The molecule has 1 aliphatic heterocycles. The molecule has 3 N–H and O–H groups in total. The molecule has 1 rings (SSSR count). The van der Waals surface area contributed by atoms with Crippen molar-refractivity contribution >= 4 is 29.8 Å². The number of rotatable bonds is 10. The zero-order chi connectivity index (χ0) is 26.2. The Morgan fingerprint density at radius 2 is 1.47 bits per heavy atom. The van der Waals surface area contributed by atoms with Crippen LogP contribution in [0.3, 0.4) is 0 Å². The molecule has 0 spiro atoms. The third-order valence-electron chi connectivity index (χ3n) is 5.11. The summed E-state index contributed by atoms with van der Waals surface area (Å²) in [5, 5.41) is 15.2. The smallest absolute Gasteiger partial charge is 0.321 e. The average Bonchev–Trinajstić information content (AvgIpc) is 2.65. The minimum absolute atomic E-state index is 0.181. The van der Waals surface area contributed by atoms with E-state index in [1.165, 1.54) is 20.8 Å². The number of hydrogen-bond donors (Lipinski definition) is 3. The molecule has 0 saturated carbocycles. The highest BCUT2D eigenvalue weighted by molar-refractivity contribution is 5.74. The van der Waals surface area contributed by atoms with Gasteiger partial charge in [-0.1, -0.05) is 20.8 Å². The number of esters is 3. The minimum Gasteiger partial charge on any atom is -0.480 e. The van der Waals surface area contributed by atoms with Crippen LogP contribution in [0.5, 0.6) is 0 Å². The number of carbonyl (C=O) groups excluding carboxylic acids is 4. The van der Waals surface area contributed by atoms with Crippen molar-refractivity contribution in [3.05, 3.63) is 0 Å². The Morgan fingerprint density at radius 3 is 1.91 bits per heavy atom. The Kier molecular flexibility index (Phi) is 10.9. The Labute approximate surface area is 199 Å². The normalized spacial score (nSPS) is 25.6. The van der Waals surface area contributed by atoms with Crippen LogP contribution in [-0.4, -0.2) is 84.5 Å². The van der Waals surface area contributed by atoms with E-state index in [0.29, 0.717) is 0 Å². The van der Waals surface area contributed by atoms with E-state index >= 15 is 0 Å². The number of carboxylic acids is 1. The van der Waals surface area contributed by atoms with Crippen molar-refractivity contribution in [1.82, 2.24) is 10.6 Å². The van der Waals surface area contributed by atoms with E-state index in [0.717, 1.165) is 6.92 Å². The molecule has 1 heterocycles. The van der Waals surface area contributed by atoms with Gasteiger partial charge in [0.15, 0.2) is 12.2 Å². The van der Waals surface area contributed by atoms with E-state index in [9.17, 15) is 29.1 Å². The molecule has 1 fully saturated rings. The summed E-state index contributed by atoms with van der Waals surface area (Å²) in [6.45, 7) is 10.0. The molecule has 194 valence electrons. The van der Waals surface area contributed by atoms with Gasteiger partial charge in [0.25, 0.3) is 0 Å². The van der Waals surface area contributed by atoms with Gasteiger partial charge in [-0.05, 0) is 18.4 Å². The predicted molar refractivity (Wildman–Crippen MR) is 118 cm³/mol. The van der Waals surface area contributed by atoms with Gasteiger partial charge in [-0.2, -0.15) is 0 Å². The lowest BCUT2D eigenvalue weighted by molar-refractivity contribution is -0.224. The summed E-state index contributed by atoms with van der Waals surface area (Å²) in [7, 11) is 0. The molecule has 0 aromatic rings. The van der Waals surface area contributed by atoms with Gasteiger partial charge in [-0.25, -0.2) is 0 Å². The topological polar surface area (TPSA) is 167 Å². The van der Waals surface area contributed by atoms with Crippen LogP contribution in [0.25, 0.3) is 0 Å². The van der Waals surface area contributed by atoms with Crippen molar-refractivity contribution in [1.29, 1.82) is 0 Å². The van der Waals surface area contributed by atoms with Crippen LogP contribution in [0, 0.1) is 5.41 Å². The molecule has 0 bridgehead atoms. The highest BCUT2D eigenvalue weighted by Gasteiger charge is 2.50. The number of ether oxygens (including phenoxy) is 4. The van der Waals surface area contributed by atoms with Gasteiger partial charge in [-0.3, -0.25) is 24.0 Å². The van der Waals surface area contributed by atoms with Gasteiger partial charge in [0.2, 0.25) is 5.91 Å². The molecule has 12 heteroatoms. The SMILES string of the molecule is CC(=O)N[C@H]1[C@@H](OC(C)=O)[C@@H](OC(C)=O)[C@@H](COC(C)=O)O[C@H]1CCNC(C(=O)O)C(C)(C)C. The second-order valence-corrected chi connectivity index (χ2v) is 9.27. The van der Waals surface area contributed by atoms with Crippen molar-refractivity contribution < 1.29 is 48.0 Å². The fraction of sp³-hybridized carbons (Fsp3) is 0.773. The van der Waals surface area contributed by atoms with Crippen LogP contribution in [0.4, 0.5) is 0 Å². The van der Waals surface area contributed by atoms with Gasteiger partial charge in [0, 0.05) is 27.7 Å². The summed E-state index contributed by atoms with van der Waals surface area (Å²) in [6, 6.07) is -1.77. The molecule has 1 aliphatic rings. The maximum Gasteiger partial charge on any atom is 0.321 e. The Morgan fingerprint density at radius 1 is 0.912 bits per heavy atom. The summed E-state index contributed by atoms with van der Waals surface area (Å²) in [5.74, 6) is -3.42. The number of hydrogen-bond acceptors (Lipinski definition) is 10. The molecule has 0 aliphatic carbocycles. The monoisotopic (exact) mass is 488 g/mol. The van der Waals surface area contributed by atoms with Gasteiger partial charge < -0.3 is 34.7 Å². The first-order chi connectivity index (χ1) is 15.6. The van der Waals surface area contributed by atoms with Gasteiger partial charge in [-0.15, -0.1) is 0 Å². The van der Waals surface area contributed by atoms with Gasteiger partial charge >= 0.3 is 23.9 Å². The van der Waals surface area contributed by atoms with Crippen LogP contribution in [-0.2, 0) is 42.9 Å². The maximum atomic E-state index is 11.9. The fourth-order valence-electron chi connectivity index (χ4n) is 3.81. The van der Waals surface area contributed by atoms with Crippen molar-refractivity contribution in [3.63, 3.8) is 0 Å². The number of amides is 1. The Hall–Kier alpha value is -2.73. The maximum absolute atomic E-state index is 11.9. The molecule has 0 aromatic carbocycles. The Balaban J connectivity index is 3.24. The standard InChI is InChI=1S/C22H36N2O10/c1-11(25)24-17-15(8-9-23-20(21(29)30)22(5,6)7)34-16(10-31-12(2)26)18(32-13(3)27)19(17)33-14(4)28/h15-20,23H,8-10H2,1-7H3,(H,24,25)(H,29,30)/t15-,16+,17+,18-,19+,20?/m0/s1. The third kappa shape index (κ3) is 9.26. The molecule has 1 amide bonds. The van der Waals surface area contributed by atoms with Crippen LogP contribution in [0.1, 0.15) is 54.9 Å². The van der Waals surface area contributed by atoms with E-state index in [1.54, 1.807) is 20.8 Å².